The van der Waals surface area contributed by atoms with Gasteiger partial charge in [-0.1, -0.05) is 29.3 Å². The number of hydrogen-bond acceptors (Lipinski definition) is 2. The number of benzene rings is 1. The van der Waals surface area contributed by atoms with Crippen LogP contribution in [0.15, 0.2) is 18.2 Å². The summed E-state index contributed by atoms with van der Waals surface area (Å²) in [7, 11) is 0. The predicted octanol–water partition coefficient (Wildman–Crippen LogP) is 2.65. The molecule has 0 saturated heterocycles. The zero-order valence-electron chi connectivity index (χ0n) is 9.45. The van der Waals surface area contributed by atoms with Gasteiger partial charge in [0.15, 0.2) is 6.10 Å². The lowest BCUT2D eigenvalue weighted by atomic mass is 9.98. The molecule has 6 heteroatoms. The topological polar surface area (TPSA) is 46.2 Å². The molecule has 0 fully saturated rings. The lowest BCUT2D eigenvalue weighted by molar-refractivity contribution is -0.210. The van der Waals surface area contributed by atoms with Crippen LogP contribution < -0.4 is 5.73 Å². The Morgan fingerprint density at radius 1 is 1.12 bits per heavy atom. The second-order valence-corrected chi connectivity index (χ2v) is 3.93. The van der Waals surface area contributed by atoms with E-state index in [4.69, 9.17) is 10.8 Å². The Kier molecular flexibility index (Phi) is 5.45. The molecule has 0 aliphatic carbocycles. The highest BCUT2D eigenvalue weighted by Gasteiger charge is 2.42. The van der Waals surface area contributed by atoms with Crippen molar-refractivity contribution in [3.8, 4) is 0 Å². The standard InChI is InChI=1S/C11H14F3NO.ClH/c1-6-3-7(2)5-8(4-6)9(15)10(16)11(12,13)14;/h3-5,9-10,16H,15H2,1-2H3;1H/t9-,10-;/m1./s1. The molecule has 0 aromatic heterocycles. The molecule has 17 heavy (non-hydrogen) atoms. The molecule has 0 aliphatic rings. The van der Waals surface area contributed by atoms with E-state index in [-0.39, 0.29) is 12.4 Å². The molecule has 0 unspecified atom stereocenters. The average Bonchev–Trinajstić information content (AvgIpc) is 2.12. The number of nitrogens with two attached hydrogens (primary N) is 1. The summed E-state index contributed by atoms with van der Waals surface area (Å²) in [4.78, 5) is 0. The Labute approximate surface area is 104 Å². The van der Waals surface area contributed by atoms with Crippen molar-refractivity contribution < 1.29 is 18.3 Å². The summed E-state index contributed by atoms with van der Waals surface area (Å²) < 4.78 is 36.8. The van der Waals surface area contributed by atoms with E-state index in [1.54, 1.807) is 26.0 Å². The fourth-order valence-electron chi connectivity index (χ4n) is 1.59. The van der Waals surface area contributed by atoms with Crippen molar-refractivity contribution in [3.05, 3.63) is 34.9 Å². The lowest BCUT2D eigenvalue weighted by Gasteiger charge is -2.22. The Balaban J connectivity index is 0.00000256. The van der Waals surface area contributed by atoms with Gasteiger partial charge in [0.1, 0.15) is 0 Å². The van der Waals surface area contributed by atoms with Crippen LogP contribution in [0.5, 0.6) is 0 Å². The van der Waals surface area contributed by atoms with Gasteiger partial charge < -0.3 is 10.8 Å². The van der Waals surface area contributed by atoms with Gasteiger partial charge in [0, 0.05) is 0 Å². The zero-order valence-corrected chi connectivity index (χ0v) is 10.3. The maximum Gasteiger partial charge on any atom is 0.416 e. The molecule has 0 aliphatic heterocycles. The third-order valence-electron chi connectivity index (χ3n) is 2.30. The van der Waals surface area contributed by atoms with Crippen molar-refractivity contribution in [2.24, 2.45) is 5.73 Å². The highest BCUT2D eigenvalue weighted by atomic mass is 35.5. The molecule has 3 N–H and O–H groups in total. The molecule has 1 aromatic carbocycles. The molecule has 1 aromatic rings. The van der Waals surface area contributed by atoms with Crippen LogP contribution in [0.2, 0.25) is 0 Å². The molecule has 1 rings (SSSR count). The van der Waals surface area contributed by atoms with Crippen LogP contribution in [-0.4, -0.2) is 17.4 Å². The van der Waals surface area contributed by atoms with Crippen molar-refractivity contribution in [2.45, 2.75) is 32.2 Å². The van der Waals surface area contributed by atoms with E-state index in [0.29, 0.717) is 5.56 Å². The molecule has 2 nitrogen and oxygen atoms in total. The van der Waals surface area contributed by atoms with E-state index in [0.717, 1.165) is 11.1 Å². The number of rotatable bonds is 2. The minimum atomic E-state index is -4.70. The molecule has 0 radical (unpaired) electrons. The van der Waals surface area contributed by atoms with Gasteiger partial charge in [-0.3, -0.25) is 0 Å². The van der Waals surface area contributed by atoms with Crippen LogP contribution in [-0.2, 0) is 0 Å². The first kappa shape index (κ1) is 16.2. The van der Waals surface area contributed by atoms with E-state index in [2.05, 4.69) is 0 Å². The van der Waals surface area contributed by atoms with Gasteiger partial charge in [0.05, 0.1) is 6.04 Å². The number of aliphatic hydroxyl groups is 1. The van der Waals surface area contributed by atoms with Gasteiger partial charge in [0.2, 0.25) is 0 Å². The Hall–Kier alpha value is -0.780. The van der Waals surface area contributed by atoms with Crippen LogP contribution in [0, 0.1) is 13.8 Å². The van der Waals surface area contributed by atoms with Crippen molar-refractivity contribution in [2.75, 3.05) is 0 Å². The predicted molar refractivity (Wildman–Crippen MR) is 62.2 cm³/mol. The van der Waals surface area contributed by atoms with Gasteiger partial charge >= 0.3 is 6.18 Å². The minimum Gasteiger partial charge on any atom is -0.382 e. The maximum atomic E-state index is 12.3. The number of aryl methyl sites for hydroxylation is 2. The van der Waals surface area contributed by atoms with Crippen LogP contribution in [0.4, 0.5) is 13.2 Å². The van der Waals surface area contributed by atoms with Gasteiger partial charge in [-0.05, 0) is 19.4 Å². The van der Waals surface area contributed by atoms with E-state index < -0.39 is 18.3 Å². The summed E-state index contributed by atoms with van der Waals surface area (Å²) in [6, 6.07) is 3.48. The lowest BCUT2D eigenvalue weighted by Crippen LogP contribution is -2.38. The molecule has 0 spiro atoms. The minimum absolute atomic E-state index is 0. The molecule has 98 valence electrons. The SMILES string of the molecule is Cc1cc(C)cc([C@@H](N)[C@@H](O)C(F)(F)F)c1.Cl. The first-order valence-corrected chi connectivity index (χ1v) is 4.80. The van der Waals surface area contributed by atoms with E-state index in [9.17, 15) is 13.2 Å². The summed E-state index contributed by atoms with van der Waals surface area (Å²) in [6.45, 7) is 3.53. The molecular formula is C11H15ClF3NO. The maximum absolute atomic E-state index is 12.3. The molecule has 0 amide bonds. The zero-order chi connectivity index (χ0) is 12.5. The van der Waals surface area contributed by atoms with E-state index >= 15 is 0 Å². The Morgan fingerprint density at radius 3 is 1.88 bits per heavy atom. The van der Waals surface area contributed by atoms with Crippen molar-refractivity contribution in [1.29, 1.82) is 0 Å². The third kappa shape index (κ3) is 4.18. The van der Waals surface area contributed by atoms with Crippen LogP contribution in [0.3, 0.4) is 0 Å². The van der Waals surface area contributed by atoms with Crippen molar-refractivity contribution >= 4 is 12.4 Å². The second-order valence-electron chi connectivity index (χ2n) is 3.93. The third-order valence-corrected chi connectivity index (χ3v) is 2.30. The fraction of sp³-hybridized carbons (Fsp3) is 0.455. The van der Waals surface area contributed by atoms with Crippen LogP contribution >= 0.6 is 12.4 Å². The average molecular weight is 270 g/mol. The number of aliphatic hydroxyl groups excluding tert-OH is 1. The monoisotopic (exact) mass is 269 g/mol. The fourth-order valence-corrected chi connectivity index (χ4v) is 1.59. The first-order valence-electron chi connectivity index (χ1n) is 4.80. The summed E-state index contributed by atoms with van der Waals surface area (Å²) in [6.07, 6.45) is -7.23. The largest absolute Gasteiger partial charge is 0.416 e. The molecule has 0 heterocycles. The summed E-state index contributed by atoms with van der Waals surface area (Å²) in [5.74, 6) is 0. The quantitative estimate of drug-likeness (QED) is 0.867. The molecule has 0 saturated carbocycles. The normalized spacial score (nSPS) is 15.0. The summed E-state index contributed by atoms with van der Waals surface area (Å²) in [5, 5.41) is 9.04. The van der Waals surface area contributed by atoms with Gasteiger partial charge in [0.25, 0.3) is 0 Å². The van der Waals surface area contributed by atoms with E-state index in [1.807, 2.05) is 6.07 Å². The second kappa shape index (κ2) is 5.71. The Bertz CT molecular complexity index is 361. The highest BCUT2D eigenvalue weighted by molar-refractivity contribution is 5.85. The molecule has 2 atom stereocenters. The molecular weight excluding hydrogens is 255 g/mol. The Morgan fingerprint density at radius 2 is 1.53 bits per heavy atom. The van der Waals surface area contributed by atoms with Gasteiger partial charge in [-0.15, -0.1) is 12.4 Å². The summed E-state index contributed by atoms with van der Waals surface area (Å²) >= 11 is 0. The van der Waals surface area contributed by atoms with Crippen LogP contribution in [0.25, 0.3) is 0 Å². The smallest absolute Gasteiger partial charge is 0.382 e. The number of hydrogen-bond donors (Lipinski definition) is 2. The van der Waals surface area contributed by atoms with E-state index in [1.165, 1.54) is 0 Å². The first-order chi connectivity index (χ1) is 7.21. The van der Waals surface area contributed by atoms with Crippen molar-refractivity contribution in [3.63, 3.8) is 0 Å². The van der Waals surface area contributed by atoms with Crippen molar-refractivity contribution in [1.82, 2.24) is 0 Å². The van der Waals surface area contributed by atoms with Crippen LogP contribution in [0.1, 0.15) is 22.7 Å². The summed E-state index contributed by atoms with van der Waals surface area (Å²) in [5.41, 5.74) is 7.32. The molecule has 0 bridgehead atoms. The highest BCUT2D eigenvalue weighted by Crippen LogP contribution is 2.29. The van der Waals surface area contributed by atoms with Gasteiger partial charge in [-0.25, -0.2) is 0 Å². The number of halogens is 4. The van der Waals surface area contributed by atoms with Gasteiger partial charge in [-0.2, -0.15) is 13.2 Å². The number of alkyl halides is 3.